The molecule has 4 aromatic carbocycles. The van der Waals surface area contributed by atoms with Crippen molar-refractivity contribution < 1.29 is 146 Å². The van der Waals surface area contributed by atoms with Crippen molar-refractivity contribution >= 4 is 137 Å². The first-order valence-electron chi connectivity index (χ1n) is 15.2. The number of phenols is 1. The van der Waals surface area contributed by atoms with Gasteiger partial charge in [0.1, 0.15) is 37.4 Å². The van der Waals surface area contributed by atoms with Crippen LogP contribution in [0.2, 0.25) is 5.28 Å². The number of fused-ring (bicyclic) bond motifs is 1. The molecule has 0 amide bonds. The van der Waals surface area contributed by atoms with Gasteiger partial charge in [-0.3, -0.25) is 5.04 Å². The van der Waals surface area contributed by atoms with Crippen molar-refractivity contribution in [2.45, 2.75) is 14.7 Å². The maximum Gasteiger partial charge on any atom is 1.00 e. The maximum atomic E-state index is 13.6. The largest absolute Gasteiger partial charge is 1.00 e. The van der Waals surface area contributed by atoms with E-state index in [0.717, 1.165) is 36.4 Å². The Balaban J connectivity index is 0.00000181. The number of hydrogen-bond donors (Lipinski definition) is 4. The molecule has 0 fully saturated rings. The summed E-state index contributed by atoms with van der Waals surface area (Å²) in [5.41, 5.74) is -0.672. The van der Waals surface area contributed by atoms with Crippen LogP contribution in [0, 0.1) is 12.0 Å². The zero-order chi connectivity index (χ0) is 43.1. The minimum Gasteiger partial charge on any atom is 1.00 e. The third-order valence-electron chi connectivity index (χ3n) is 6.87. The number of nitrogens with zero attached hydrogens (tertiary/aromatic N) is 7. The summed E-state index contributed by atoms with van der Waals surface area (Å²) in [6.45, 7) is 0. The van der Waals surface area contributed by atoms with Gasteiger partial charge in [0.15, 0.2) is 5.75 Å². The number of nitrogens with one attached hydrogen (secondary N) is 3. The average molecular weight is 1180 g/mol. The molecule has 32 heteroatoms. The summed E-state index contributed by atoms with van der Waals surface area (Å²) in [5, 5.41) is 41.2. The Hall–Kier alpha value is -1.38. The number of rotatable bonds is 13. The molecule has 2 aromatic heterocycles. The number of phenolic OH excluding ortho intramolecular Hbond substituents is 1. The number of azo groups is 1. The van der Waals surface area contributed by atoms with Gasteiger partial charge in [-0.15, -0.1) is 10.2 Å². The minimum atomic E-state index is -5.19. The number of aromatic nitrogens is 5. The molecule has 0 saturated heterocycles. The van der Waals surface area contributed by atoms with Crippen molar-refractivity contribution in [1.82, 2.24) is 24.9 Å². The molecule has 0 bridgehead atoms. The van der Waals surface area contributed by atoms with Crippen LogP contribution in [-0.4, -0.2) is 56.6 Å². The average Bonchev–Trinajstić information content (AvgIpc) is 3.12. The molecule has 0 atom stereocenters. The van der Waals surface area contributed by atoms with Crippen molar-refractivity contribution in [3.8, 4) is 5.75 Å². The van der Waals surface area contributed by atoms with Crippen LogP contribution in [0.25, 0.3) is 10.8 Å². The van der Waals surface area contributed by atoms with Gasteiger partial charge in [0.05, 0.1) is 26.7 Å². The molecule has 20 nitrogen and oxygen atoms in total. The van der Waals surface area contributed by atoms with Gasteiger partial charge in [0.2, 0.25) is 23.1 Å². The number of anilines is 6. The van der Waals surface area contributed by atoms with E-state index in [1.54, 1.807) is 0 Å². The summed E-state index contributed by atoms with van der Waals surface area (Å²) in [4.78, 5) is 16.8. The molecule has 0 unspecified atom stereocenters. The fourth-order valence-corrected chi connectivity index (χ4v) is 6.43. The number of benzene rings is 4. The third-order valence-corrected chi connectivity index (χ3v) is 9.37. The molecule has 0 spiro atoms. The molecule has 2 heterocycles. The third kappa shape index (κ3) is 16.2. The fourth-order valence-electron chi connectivity index (χ4n) is 4.67. The van der Waals surface area contributed by atoms with Gasteiger partial charge in [-0.05, 0) is 71.6 Å². The standard InChI is InChI=1S/C29H19ClF2N10O10S3.FHI2.3Na/c30-26-38-28(34-14-2-1-3-17(9-14)54(45,46)47)40-29(39-26)35-16-6-7-21(55(48,49)50)19(11-16)41-42-24-20(53-52-51-44)8-13-4-5-15(10-18(13)25(24)43)33-23-12-22(31)36-27(32)37-23;1-3-2;;;/h1-12,43-44H,(H,33,36,37)(H,45,46,47)(H,48,49,50)(H2,34,35,38,39,40);3H;;;/q;;3*+1/p-3/i;3D;;;. The quantitative estimate of drug-likeness (QED) is 0.0113. The molecule has 0 radical (unpaired) electrons. The van der Waals surface area contributed by atoms with Gasteiger partial charge in [-0.2, -0.15) is 38.0 Å². The van der Waals surface area contributed by atoms with Crippen molar-refractivity contribution in [2.24, 2.45) is 10.2 Å². The Morgan fingerprint density at radius 3 is 2.07 bits per heavy atom. The molecule has 6 aromatic rings. The Labute approximate surface area is 439 Å². The van der Waals surface area contributed by atoms with Crippen LogP contribution < -0.4 is 110 Å². The zero-order valence-corrected chi connectivity index (χ0v) is 44.2. The maximum absolute atomic E-state index is 13.6. The van der Waals surface area contributed by atoms with Crippen molar-refractivity contribution in [3.05, 3.63) is 90.1 Å². The van der Waals surface area contributed by atoms with E-state index in [0.29, 0.717) is 17.4 Å². The predicted octanol–water partition coefficient (Wildman–Crippen LogP) is -1.93. The molecule has 0 saturated carbocycles. The topological polar surface area (TPSA) is 301 Å². The molecular weight excluding hydrogens is 1160 g/mol. The van der Waals surface area contributed by atoms with Crippen LogP contribution in [0.3, 0.4) is 0 Å². The Bertz CT molecular complexity index is 2790. The van der Waals surface area contributed by atoms with Crippen LogP contribution >= 0.6 is 59.9 Å². The molecule has 4 N–H and O–H groups in total. The number of aromatic hydroxyl groups is 1. The Morgan fingerprint density at radius 1 is 0.836 bits per heavy atom. The summed E-state index contributed by atoms with van der Waals surface area (Å²) in [7, 11) is -9.97. The first kappa shape index (κ1) is 54.0. The molecule has 61 heavy (non-hydrogen) atoms. The van der Waals surface area contributed by atoms with Crippen LogP contribution in [0.1, 0.15) is 0 Å². The number of hydrogen-bond acceptors (Lipinski definition) is 21. The fraction of sp³-hybridized carbons (Fsp3) is 0. The van der Waals surface area contributed by atoms with E-state index in [-0.39, 0.29) is 139 Å². The minimum absolute atomic E-state index is 0. The normalized spacial score (nSPS) is 11.5. The van der Waals surface area contributed by atoms with E-state index in [4.69, 9.17) is 12.2 Å². The molecule has 0 aliphatic carbocycles. The Kier molecular flexibility index (Phi) is 22.4. The van der Waals surface area contributed by atoms with Crippen molar-refractivity contribution in [3.63, 3.8) is 0 Å². The molecule has 6 rings (SSSR count). The Morgan fingerprint density at radius 2 is 1.46 bits per heavy atom. The molecular formula is C29H17ClF3I2N10Na3O10S3. The monoisotopic (exact) mass is 1180 g/mol. The second-order valence-electron chi connectivity index (χ2n) is 10.6. The summed E-state index contributed by atoms with van der Waals surface area (Å²) < 4.78 is 119. The summed E-state index contributed by atoms with van der Waals surface area (Å²) in [6, 6.07) is 14.4. The van der Waals surface area contributed by atoms with Crippen molar-refractivity contribution in [2.75, 3.05) is 16.0 Å². The summed E-state index contributed by atoms with van der Waals surface area (Å²) >= 11 is 5.30. The summed E-state index contributed by atoms with van der Waals surface area (Å²) in [5.74, 6) is -2.47. The summed E-state index contributed by atoms with van der Waals surface area (Å²) in [6.07, 6.45) is -1.34. The second-order valence-corrected chi connectivity index (χ2v) is 16.8. The van der Waals surface area contributed by atoms with Gasteiger partial charge in [-0.25, -0.2) is 16.8 Å². The van der Waals surface area contributed by atoms with Gasteiger partial charge < -0.3 is 35.4 Å². The molecule has 0 aliphatic heterocycles. The van der Waals surface area contributed by atoms with E-state index in [1.807, 2.05) is 0 Å². The van der Waals surface area contributed by atoms with Gasteiger partial charge in [0, 0.05) is 28.5 Å². The first-order chi connectivity index (χ1) is 27.8. The van der Waals surface area contributed by atoms with Crippen molar-refractivity contribution in [1.29, 1.82) is 0.594 Å². The van der Waals surface area contributed by atoms with E-state index < -0.39 is 76.8 Å². The van der Waals surface area contributed by atoms with Crippen LogP contribution in [-0.2, 0) is 29.6 Å². The van der Waals surface area contributed by atoms with Gasteiger partial charge >= 0.3 is 134 Å². The van der Waals surface area contributed by atoms with E-state index in [1.165, 1.54) is 55.0 Å². The van der Waals surface area contributed by atoms with Gasteiger partial charge in [0.25, 0.3) is 0 Å². The molecule has 0 aliphatic rings. The van der Waals surface area contributed by atoms with Crippen LogP contribution in [0.5, 0.6) is 5.75 Å². The smallest absolute Gasteiger partial charge is 1.00 e. The SMILES string of the molecule is O=S(=O)([O-])c1cccc(Nc2nc(Cl)nc(Nc3ccc(S(=O)(=O)[O-])c(N=Nc4c(SOO[O-])cc5ccc(Nc6cc(F)nc(F)n6)cc5c4O)c3)n2)c1.[2H]I(F)I.[Na+].[Na+].[Na+]. The number of halogens is 6. The second kappa shape index (κ2) is 25.4. The van der Waals surface area contributed by atoms with Crippen LogP contribution in [0.15, 0.2) is 97.7 Å². The van der Waals surface area contributed by atoms with E-state index >= 15 is 0 Å². The predicted molar refractivity (Wildman–Crippen MR) is 214 cm³/mol. The van der Waals surface area contributed by atoms with Crippen LogP contribution in [0.4, 0.5) is 57.8 Å². The first-order valence-corrected chi connectivity index (χ1v) is 25.8. The van der Waals surface area contributed by atoms with E-state index in [9.17, 15) is 47.9 Å². The van der Waals surface area contributed by atoms with E-state index in [2.05, 4.69) is 60.5 Å². The van der Waals surface area contributed by atoms with Gasteiger partial charge in [-0.1, -0.05) is 12.1 Å². The zero-order valence-electron chi connectivity index (χ0n) is 31.7. The molecule has 306 valence electrons.